The van der Waals surface area contributed by atoms with Gasteiger partial charge in [0, 0.05) is 36.7 Å². The Balaban J connectivity index is 1.75. The number of carbonyl (C=O) groups excluding carboxylic acids is 5. The van der Waals surface area contributed by atoms with E-state index in [1.54, 1.807) is 19.1 Å². The van der Waals surface area contributed by atoms with Gasteiger partial charge in [-0.05, 0) is 50.3 Å². The SMILES string of the molecule is CCCCC(NC(=O)C1CCCN1C(=O)C(CCCC)NC(C)=O)C(=O)NC(CC(=O)O)C(=O)Nc1ccc2c(C)cc(=O)oc2c1. The molecule has 0 bridgehead atoms. The maximum atomic E-state index is 13.5. The summed E-state index contributed by atoms with van der Waals surface area (Å²) >= 11 is 0. The average Bonchev–Trinajstić information content (AvgIpc) is 3.50. The number of aliphatic carboxylic acids is 1. The molecule has 4 unspecified atom stereocenters. The molecule has 0 spiro atoms. The lowest BCUT2D eigenvalue weighted by Crippen LogP contribution is -2.57. The van der Waals surface area contributed by atoms with E-state index in [-0.39, 0.29) is 29.5 Å². The zero-order valence-electron chi connectivity index (χ0n) is 27.4. The van der Waals surface area contributed by atoms with Gasteiger partial charge >= 0.3 is 11.6 Å². The second-order valence-corrected chi connectivity index (χ2v) is 11.9. The van der Waals surface area contributed by atoms with Crippen LogP contribution in [0.3, 0.4) is 0 Å². The van der Waals surface area contributed by atoms with Crippen LogP contribution in [0.5, 0.6) is 0 Å². The Bertz CT molecular complexity index is 1540. The lowest BCUT2D eigenvalue weighted by Gasteiger charge is -2.30. The third-order valence-electron chi connectivity index (χ3n) is 8.07. The number of carboxylic acid groups (broad SMARTS) is 1. The molecule has 256 valence electrons. The fraction of sp³-hybridized carbons (Fsp3) is 0.545. The van der Waals surface area contributed by atoms with Crippen molar-refractivity contribution in [2.75, 3.05) is 11.9 Å². The predicted molar refractivity (Wildman–Crippen MR) is 173 cm³/mol. The third-order valence-corrected chi connectivity index (χ3v) is 8.07. The van der Waals surface area contributed by atoms with Crippen LogP contribution < -0.4 is 26.9 Å². The minimum atomic E-state index is -1.50. The Hall–Kier alpha value is -4.75. The molecule has 2 aromatic rings. The zero-order chi connectivity index (χ0) is 34.7. The number of nitrogens with one attached hydrogen (secondary N) is 4. The lowest BCUT2D eigenvalue weighted by atomic mass is 10.1. The van der Waals surface area contributed by atoms with Crippen LogP contribution in [-0.2, 0) is 28.8 Å². The van der Waals surface area contributed by atoms with Crippen molar-refractivity contribution >= 4 is 52.2 Å². The summed E-state index contributed by atoms with van der Waals surface area (Å²) < 4.78 is 5.22. The molecule has 1 aromatic carbocycles. The van der Waals surface area contributed by atoms with Gasteiger partial charge in [-0.3, -0.25) is 28.8 Å². The minimum Gasteiger partial charge on any atom is -0.481 e. The molecule has 1 fully saturated rings. The average molecular weight is 656 g/mol. The number of benzene rings is 1. The number of carboxylic acids is 1. The summed E-state index contributed by atoms with van der Waals surface area (Å²) in [5.74, 6) is -4.16. The van der Waals surface area contributed by atoms with E-state index in [0.29, 0.717) is 56.0 Å². The van der Waals surface area contributed by atoms with Gasteiger partial charge in [0.25, 0.3) is 0 Å². The highest BCUT2D eigenvalue weighted by molar-refractivity contribution is 6.01. The summed E-state index contributed by atoms with van der Waals surface area (Å²) in [7, 11) is 0. The molecule has 5 amide bonds. The first kappa shape index (κ1) is 36.7. The standard InChI is InChI=1S/C33H45N5O9/c1-5-7-10-23(36-32(45)26-12-9-15-38(26)33(46)24(11-8-6-2)34-20(4)39)30(43)37-25(18-28(40)41)31(44)35-21-13-14-22-19(3)16-29(42)47-27(22)17-21/h13-14,16-17,23-26H,5-12,15,18H2,1-4H3,(H,34,39)(H,35,44)(H,36,45)(H,37,43)(H,40,41). The highest BCUT2D eigenvalue weighted by Crippen LogP contribution is 2.22. The quantitative estimate of drug-likeness (QED) is 0.168. The first-order valence-electron chi connectivity index (χ1n) is 16.1. The number of rotatable bonds is 16. The topological polar surface area (TPSA) is 204 Å². The second-order valence-electron chi connectivity index (χ2n) is 11.9. The van der Waals surface area contributed by atoms with Crippen LogP contribution in [0.15, 0.2) is 33.5 Å². The summed E-state index contributed by atoms with van der Waals surface area (Å²) in [6, 6.07) is 1.75. The number of likely N-dealkylation sites (tertiary alicyclic amines) is 1. The van der Waals surface area contributed by atoms with Crippen molar-refractivity contribution in [2.45, 2.75) is 110 Å². The zero-order valence-corrected chi connectivity index (χ0v) is 27.4. The van der Waals surface area contributed by atoms with Crippen molar-refractivity contribution in [2.24, 2.45) is 0 Å². The van der Waals surface area contributed by atoms with Crippen LogP contribution in [0.2, 0.25) is 0 Å². The van der Waals surface area contributed by atoms with Gasteiger partial charge in [-0.25, -0.2) is 4.79 Å². The molecule has 4 atom stereocenters. The smallest absolute Gasteiger partial charge is 0.336 e. The van der Waals surface area contributed by atoms with Crippen molar-refractivity contribution in [3.63, 3.8) is 0 Å². The number of carbonyl (C=O) groups is 6. The first-order valence-corrected chi connectivity index (χ1v) is 16.1. The van der Waals surface area contributed by atoms with Crippen LogP contribution in [0, 0.1) is 6.92 Å². The summed E-state index contributed by atoms with van der Waals surface area (Å²) in [6.07, 6.45) is 3.62. The first-order chi connectivity index (χ1) is 22.3. The normalized spacial score (nSPS) is 16.2. The highest BCUT2D eigenvalue weighted by atomic mass is 16.4. The Kier molecular flexibility index (Phi) is 13.5. The van der Waals surface area contributed by atoms with Gasteiger partial charge in [0.15, 0.2) is 0 Å². The molecule has 47 heavy (non-hydrogen) atoms. The van der Waals surface area contributed by atoms with Gasteiger partial charge < -0.3 is 35.7 Å². The molecule has 1 saturated heterocycles. The molecular weight excluding hydrogens is 610 g/mol. The predicted octanol–water partition coefficient (Wildman–Crippen LogP) is 2.36. The Morgan fingerprint density at radius 2 is 1.62 bits per heavy atom. The van der Waals surface area contributed by atoms with Gasteiger partial charge in [0.05, 0.1) is 6.42 Å². The van der Waals surface area contributed by atoms with E-state index in [2.05, 4.69) is 21.3 Å². The highest BCUT2D eigenvalue weighted by Gasteiger charge is 2.39. The van der Waals surface area contributed by atoms with E-state index in [1.807, 2.05) is 13.8 Å². The molecule has 0 saturated carbocycles. The van der Waals surface area contributed by atoms with Crippen molar-refractivity contribution < 1.29 is 38.3 Å². The minimum absolute atomic E-state index is 0.213. The van der Waals surface area contributed by atoms with E-state index in [1.165, 1.54) is 24.0 Å². The van der Waals surface area contributed by atoms with Crippen molar-refractivity contribution in [1.29, 1.82) is 0 Å². The van der Waals surface area contributed by atoms with Gasteiger partial charge in [-0.1, -0.05) is 39.5 Å². The number of nitrogens with zero attached hydrogens (tertiary/aromatic N) is 1. The van der Waals surface area contributed by atoms with Crippen molar-refractivity contribution in [1.82, 2.24) is 20.9 Å². The number of anilines is 1. The van der Waals surface area contributed by atoms with Crippen LogP contribution in [0.4, 0.5) is 5.69 Å². The molecular formula is C33H45N5O9. The van der Waals surface area contributed by atoms with E-state index in [4.69, 9.17) is 4.42 Å². The fourth-order valence-corrected chi connectivity index (χ4v) is 5.65. The maximum Gasteiger partial charge on any atom is 0.336 e. The van der Waals surface area contributed by atoms with Gasteiger partial charge in [-0.2, -0.15) is 0 Å². The Labute approximate surface area is 273 Å². The maximum absolute atomic E-state index is 13.5. The molecule has 1 aliphatic rings. The lowest BCUT2D eigenvalue weighted by molar-refractivity contribution is -0.142. The van der Waals surface area contributed by atoms with E-state index in [0.717, 1.165) is 6.42 Å². The summed E-state index contributed by atoms with van der Waals surface area (Å²) in [4.78, 5) is 90.3. The molecule has 3 rings (SSSR count). The molecule has 1 aliphatic heterocycles. The van der Waals surface area contributed by atoms with Gasteiger partial charge in [0.1, 0.15) is 29.8 Å². The van der Waals surface area contributed by atoms with Gasteiger partial charge in [0.2, 0.25) is 29.5 Å². The molecule has 0 radical (unpaired) electrons. The van der Waals surface area contributed by atoms with E-state index in [9.17, 15) is 38.7 Å². The van der Waals surface area contributed by atoms with Crippen LogP contribution in [0.1, 0.15) is 84.1 Å². The van der Waals surface area contributed by atoms with Crippen LogP contribution in [0.25, 0.3) is 11.0 Å². The largest absolute Gasteiger partial charge is 0.481 e. The Morgan fingerprint density at radius 3 is 2.26 bits per heavy atom. The number of amides is 5. The van der Waals surface area contributed by atoms with Crippen molar-refractivity contribution in [3.8, 4) is 0 Å². The van der Waals surface area contributed by atoms with E-state index >= 15 is 0 Å². The molecule has 14 nitrogen and oxygen atoms in total. The number of fused-ring (bicyclic) bond motifs is 1. The third kappa shape index (κ3) is 10.4. The monoisotopic (exact) mass is 655 g/mol. The molecule has 1 aromatic heterocycles. The molecule has 0 aliphatic carbocycles. The van der Waals surface area contributed by atoms with Crippen LogP contribution in [-0.4, -0.2) is 76.2 Å². The summed E-state index contributed by atoms with van der Waals surface area (Å²) in [6.45, 7) is 7.27. The fourth-order valence-electron chi connectivity index (χ4n) is 5.65. The molecule has 14 heteroatoms. The summed E-state index contributed by atoms with van der Waals surface area (Å²) in [5, 5.41) is 20.6. The second kappa shape index (κ2) is 17.2. The van der Waals surface area contributed by atoms with Gasteiger partial charge in [-0.15, -0.1) is 0 Å². The number of aryl methyl sites for hydroxylation is 1. The number of hydrogen-bond donors (Lipinski definition) is 5. The Morgan fingerprint density at radius 1 is 0.936 bits per heavy atom. The molecule has 5 N–H and O–H groups in total. The van der Waals surface area contributed by atoms with Crippen molar-refractivity contribution in [3.05, 3.63) is 40.2 Å². The summed E-state index contributed by atoms with van der Waals surface area (Å²) in [5.41, 5.74) is 0.560. The number of unbranched alkanes of at least 4 members (excludes halogenated alkanes) is 2. The van der Waals surface area contributed by atoms with E-state index < -0.39 is 59.9 Å². The number of hydrogen-bond acceptors (Lipinski definition) is 8. The molecule has 2 heterocycles. The van der Waals surface area contributed by atoms with Crippen LogP contribution >= 0.6 is 0 Å².